The van der Waals surface area contributed by atoms with Gasteiger partial charge in [-0.25, -0.2) is 4.39 Å². The van der Waals surface area contributed by atoms with E-state index < -0.39 is 0 Å². The van der Waals surface area contributed by atoms with Crippen molar-refractivity contribution in [3.63, 3.8) is 0 Å². The predicted molar refractivity (Wildman–Crippen MR) is 63.7 cm³/mol. The van der Waals surface area contributed by atoms with E-state index in [1.165, 1.54) is 6.07 Å². The zero-order valence-electron chi connectivity index (χ0n) is 8.91. The number of aryl methyl sites for hydroxylation is 1. The largest absolute Gasteiger partial charge is 0.396 e. The summed E-state index contributed by atoms with van der Waals surface area (Å²) in [5.41, 5.74) is 1.76. The van der Waals surface area contributed by atoms with Crippen LogP contribution in [0.1, 0.15) is 24.5 Å². The summed E-state index contributed by atoms with van der Waals surface area (Å²) in [6, 6.07) is 5.14. The van der Waals surface area contributed by atoms with Crippen LogP contribution in [-0.2, 0) is 12.2 Å². The van der Waals surface area contributed by atoms with Gasteiger partial charge >= 0.3 is 0 Å². The molecular weight excluding hydrogens is 211 g/mol. The van der Waals surface area contributed by atoms with Gasteiger partial charge in [-0.1, -0.05) is 19.1 Å². The molecule has 84 valence electrons. The molecule has 0 bridgehead atoms. The van der Waals surface area contributed by atoms with Gasteiger partial charge in [-0.05, 0) is 36.0 Å². The maximum atomic E-state index is 13.1. The lowest BCUT2D eigenvalue weighted by molar-refractivity contribution is 0.230. The van der Waals surface area contributed by atoms with E-state index in [0.717, 1.165) is 18.4 Å². The fourth-order valence-electron chi connectivity index (χ4n) is 1.41. The number of halogens is 1. The second-order valence-electron chi connectivity index (χ2n) is 3.91. The van der Waals surface area contributed by atoms with E-state index in [1.54, 1.807) is 6.07 Å². The van der Waals surface area contributed by atoms with Crippen LogP contribution >= 0.6 is 12.6 Å². The van der Waals surface area contributed by atoms with E-state index in [9.17, 15) is 4.39 Å². The van der Waals surface area contributed by atoms with Crippen LogP contribution in [0.2, 0.25) is 0 Å². The Kier molecular flexibility index (Phi) is 5.12. The lowest BCUT2D eigenvalue weighted by Crippen LogP contribution is -2.02. The van der Waals surface area contributed by atoms with E-state index >= 15 is 0 Å². The second-order valence-corrected chi connectivity index (χ2v) is 4.23. The quantitative estimate of drug-likeness (QED) is 0.743. The van der Waals surface area contributed by atoms with Gasteiger partial charge < -0.3 is 5.11 Å². The highest BCUT2D eigenvalue weighted by Crippen LogP contribution is 2.15. The second kappa shape index (κ2) is 6.13. The molecule has 0 saturated heterocycles. The van der Waals surface area contributed by atoms with Crippen molar-refractivity contribution in [2.45, 2.75) is 25.5 Å². The lowest BCUT2D eigenvalue weighted by atomic mass is 10.0. The maximum Gasteiger partial charge on any atom is 0.127 e. The van der Waals surface area contributed by atoms with Crippen LogP contribution in [0.4, 0.5) is 4.39 Å². The molecule has 0 aliphatic heterocycles. The van der Waals surface area contributed by atoms with Crippen molar-refractivity contribution in [2.75, 3.05) is 6.61 Å². The molecule has 0 aliphatic carbocycles. The van der Waals surface area contributed by atoms with Crippen molar-refractivity contribution >= 4 is 12.6 Å². The van der Waals surface area contributed by atoms with Gasteiger partial charge in [-0.15, -0.1) is 0 Å². The molecule has 1 unspecified atom stereocenters. The average molecular weight is 228 g/mol. The normalized spacial score (nSPS) is 12.8. The third kappa shape index (κ3) is 3.84. The van der Waals surface area contributed by atoms with Crippen molar-refractivity contribution in [1.29, 1.82) is 0 Å². The highest BCUT2D eigenvalue weighted by atomic mass is 32.1. The number of benzene rings is 1. The lowest BCUT2D eigenvalue weighted by Gasteiger charge is -2.08. The highest BCUT2D eigenvalue weighted by molar-refractivity contribution is 7.79. The van der Waals surface area contributed by atoms with E-state index in [1.807, 2.05) is 13.0 Å². The van der Waals surface area contributed by atoms with Crippen molar-refractivity contribution < 1.29 is 9.50 Å². The van der Waals surface area contributed by atoms with Crippen LogP contribution in [0, 0.1) is 11.7 Å². The van der Waals surface area contributed by atoms with Crippen molar-refractivity contribution in [2.24, 2.45) is 5.92 Å². The Bertz CT molecular complexity index is 314. The molecule has 0 spiro atoms. The molecule has 3 heteroatoms. The first kappa shape index (κ1) is 12.5. The summed E-state index contributed by atoms with van der Waals surface area (Å²) in [4.78, 5) is 0. The predicted octanol–water partition coefficient (Wildman–Crippen LogP) is 2.82. The van der Waals surface area contributed by atoms with Gasteiger partial charge in [0.15, 0.2) is 0 Å². The van der Waals surface area contributed by atoms with E-state index in [4.69, 9.17) is 5.11 Å². The number of hydrogen-bond donors (Lipinski definition) is 2. The Morgan fingerprint density at radius 2 is 2.20 bits per heavy atom. The fraction of sp³-hybridized carbons (Fsp3) is 0.500. The zero-order chi connectivity index (χ0) is 11.3. The van der Waals surface area contributed by atoms with Crippen molar-refractivity contribution in [3.8, 4) is 0 Å². The van der Waals surface area contributed by atoms with Gasteiger partial charge in [0.05, 0.1) is 0 Å². The Morgan fingerprint density at radius 1 is 1.47 bits per heavy atom. The Labute approximate surface area is 95.7 Å². The molecule has 0 fully saturated rings. The molecule has 0 aliphatic rings. The van der Waals surface area contributed by atoms with Crippen molar-refractivity contribution in [3.05, 3.63) is 35.1 Å². The average Bonchev–Trinajstić information content (AvgIpc) is 2.27. The standard InChI is InChI=1S/C12H17FOS/c1-9(7-14)2-3-10-4-5-12(13)11(6-10)8-15/h4-6,9,14-15H,2-3,7-8H2,1H3. The number of aliphatic hydroxyl groups is 1. The molecule has 1 N–H and O–H groups in total. The molecule has 1 rings (SSSR count). The van der Waals surface area contributed by atoms with Gasteiger partial charge in [0.25, 0.3) is 0 Å². The third-order valence-corrected chi connectivity index (χ3v) is 2.86. The summed E-state index contributed by atoms with van der Waals surface area (Å²) in [6.45, 7) is 2.21. The summed E-state index contributed by atoms with van der Waals surface area (Å²) >= 11 is 4.07. The van der Waals surface area contributed by atoms with Gasteiger partial charge in [-0.2, -0.15) is 12.6 Å². The first-order chi connectivity index (χ1) is 7.17. The van der Waals surface area contributed by atoms with Crippen LogP contribution in [-0.4, -0.2) is 11.7 Å². The Morgan fingerprint density at radius 3 is 2.80 bits per heavy atom. The van der Waals surface area contributed by atoms with Crippen molar-refractivity contribution in [1.82, 2.24) is 0 Å². The molecule has 1 aromatic rings. The zero-order valence-corrected chi connectivity index (χ0v) is 9.80. The summed E-state index contributed by atoms with van der Waals surface area (Å²) in [7, 11) is 0. The van der Waals surface area contributed by atoms with Crippen LogP contribution in [0.3, 0.4) is 0 Å². The summed E-state index contributed by atoms with van der Waals surface area (Å²) in [5, 5.41) is 8.89. The minimum Gasteiger partial charge on any atom is -0.396 e. The maximum absolute atomic E-state index is 13.1. The smallest absolute Gasteiger partial charge is 0.127 e. The summed E-state index contributed by atoms with van der Waals surface area (Å²) < 4.78 is 13.1. The number of thiol groups is 1. The molecule has 0 aromatic heterocycles. The third-order valence-electron chi connectivity index (χ3n) is 2.52. The van der Waals surface area contributed by atoms with E-state index in [2.05, 4.69) is 12.6 Å². The van der Waals surface area contributed by atoms with Crippen LogP contribution < -0.4 is 0 Å². The fourth-order valence-corrected chi connectivity index (χ4v) is 1.65. The molecule has 1 nitrogen and oxygen atoms in total. The van der Waals surface area contributed by atoms with Crippen LogP contribution in [0.5, 0.6) is 0 Å². The van der Waals surface area contributed by atoms with E-state index in [0.29, 0.717) is 17.2 Å². The number of aliphatic hydroxyl groups excluding tert-OH is 1. The van der Waals surface area contributed by atoms with Crippen LogP contribution in [0.15, 0.2) is 18.2 Å². The first-order valence-corrected chi connectivity index (χ1v) is 5.79. The summed E-state index contributed by atoms with van der Waals surface area (Å²) in [5.74, 6) is 0.536. The van der Waals surface area contributed by atoms with Crippen LogP contribution in [0.25, 0.3) is 0 Å². The minimum atomic E-state index is -0.191. The first-order valence-electron chi connectivity index (χ1n) is 5.16. The molecule has 1 atom stereocenters. The topological polar surface area (TPSA) is 20.2 Å². The van der Waals surface area contributed by atoms with Gasteiger partial charge in [0.1, 0.15) is 5.82 Å². The van der Waals surface area contributed by atoms with Gasteiger partial charge in [0.2, 0.25) is 0 Å². The minimum absolute atomic E-state index is 0.191. The molecule has 0 radical (unpaired) electrons. The molecular formula is C12H17FOS. The molecule has 0 heterocycles. The SMILES string of the molecule is CC(CO)CCc1ccc(F)c(CS)c1. The van der Waals surface area contributed by atoms with Gasteiger partial charge in [0, 0.05) is 12.4 Å². The number of hydrogen-bond acceptors (Lipinski definition) is 2. The molecule has 0 amide bonds. The number of rotatable bonds is 5. The molecule has 0 saturated carbocycles. The summed E-state index contributed by atoms with van der Waals surface area (Å²) in [6.07, 6.45) is 1.80. The van der Waals surface area contributed by atoms with Gasteiger partial charge in [-0.3, -0.25) is 0 Å². The van der Waals surface area contributed by atoms with E-state index in [-0.39, 0.29) is 12.4 Å². The molecule has 15 heavy (non-hydrogen) atoms. The highest BCUT2D eigenvalue weighted by Gasteiger charge is 2.04. The monoisotopic (exact) mass is 228 g/mol. The Balaban J connectivity index is 2.62. The molecule has 1 aromatic carbocycles. The Hall–Kier alpha value is -0.540.